The van der Waals surface area contributed by atoms with E-state index in [1.807, 2.05) is 36.4 Å². The average Bonchev–Trinajstić information content (AvgIpc) is 3.82. The molecule has 0 N–H and O–H groups in total. The van der Waals surface area contributed by atoms with Gasteiger partial charge in [-0.25, -0.2) is 4.98 Å². The van der Waals surface area contributed by atoms with Crippen LogP contribution in [0, 0.1) is 0 Å². The molecule has 2 heterocycles. The molecule has 1 spiro atoms. The van der Waals surface area contributed by atoms with Gasteiger partial charge < -0.3 is 4.42 Å². The molecule has 9 aromatic rings. The highest BCUT2D eigenvalue weighted by Gasteiger charge is 2.51. The minimum Gasteiger partial charge on any atom is -0.438 e. The molecule has 0 atom stereocenters. The zero-order valence-electron chi connectivity index (χ0n) is 27.0. The van der Waals surface area contributed by atoms with Gasteiger partial charge in [-0.05, 0) is 67.8 Å². The van der Waals surface area contributed by atoms with Gasteiger partial charge in [0.2, 0.25) is 5.71 Å². The lowest BCUT2D eigenvalue weighted by Gasteiger charge is -2.30. The Bertz CT molecular complexity index is 2770. The number of furan rings is 1. The molecule has 232 valence electrons. The van der Waals surface area contributed by atoms with E-state index in [9.17, 15) is 0 Å². The maximum Gasteiger partial charge on any atom is 0.231 e. The van der Waals surface area contributed by atoms with Crippen molar-refractivity contribution in [3.05, 3.63) is 192 Å². The van der Waals surface area contributed by atoms with E-state index in [-0.39, 0.29) is 5.41 Å². The van der Waals surface area contributed by atoms with E-state index in [2.05, 4.69) is 133 Å². The quantitative estimate of drug-likeness (QED) is 0.194. The molecule has 7 aromatic carbocycles. The molecule has 2 aliphatic rings. The Labute approximate surface area is 289 Å². The van der Waals surface area contributed by atoms with Gasteiger partial charge in [-0.3, -0.25) is 0 Å². The lowest BCUT2D eigenvalue weighted by atomic mass is 9.70. The number of fused-ring (bicyclic) bond motifs is 13. The summed E-state index contributed by atoms with van der Waals surface area (Å²) in [7, 11) is 0. The minimum atomic E-state index is -0.385. The average molecular weight is 637 g/mol. The maximum atomic E-state index is 6.52. The van der Waals surface area contributed by atoms with Crippen LogP contribution in [0.1, 0.15) is 22.3 Å². The standard InChI is InChI=1S/C47H28N2O/c1-3-14-29(15-4-1)44-43-36-28-31(26-27-41(36)50-46(43)49-45(48-44)30-16-5-2-6-17-30)32-21-13-25-40-42(32)35-20-9-12-24-39(35)47(40)37-22-10-7-18-33(37)34-19-8-11-23-38(34)47/h1-28H. The second kappa shape index (κ2) is 10.2. The Morgan fingerprint density at radius 3 is 1.68 bits per heavy atom. The molecular formula is C47H28N2O. The Kier molecular flexibility index (Phi) is 5.59. The topological polar surface area (TPSA) is 38.9 Å². The summed E-state index contributed by atoms with van der Waals surface area (Å²) in [5.41, 5.74) is 16.7. The molecule has 0 amide bonds. The molecule has 50 heavy (non-hydrogen) atoms. The van der Waals surface area contributed by atoms with Gasteiger partial charge in [-0.15, -0.1) is 0 Å². The summed E-state index contributed by atoms with van der Waals surface area (Å²) in [5, 5.41) is 1.93. The van der Waals surface area contributed by atoms with Crippen LogP contribution < -0.4 is 0 Å². The van der Waals surface area contributed by atoms with E-state index < -0.39 is 0 Å². The summed E-state index contributed by atoms with van der Waals surface area (Å²) in [6, 6.07) is 60.8. The molecule has 3 nitrogen and oxygen atoms in total. The van der Waals surface area contributed by atoms with Crippen LogP contribution in [0.15, 0.2) is 174 Å². The molecular weight excluding hydrogens is 609 g/mol. The van der Waals surface area contributed by atoms with Crippen molar-refractivity contribution in [3.63, 3.8) is 0 Å². The van der Waals surface area contributed by atoms with E-state index in [1.165, 1.54) is 50.1 Å². The maximum absolute atomic E-state index is 6.52. The molecule has 0 fully saturated rings. The Hall–Kier alpha value is -6.58. The fourth-order valence-corrected chi connectivity index (χ4v) is 8.75. The molecule has 3 heteroatoms. The normalized spacial score (nSPS) is 13.4. The third-order valence-corrected chi connectivity index (χ3v) is 10.7. The highest BCUT2D eigenvalue weighted by Crippen LogP contribution is 2.64. The summed E-state index contributed by atoms with van der Waals surface area (Å²) < 4.78 is 6.52. The Morgan fingerprint density at radius 1 is 0.420 bits per heavy atom. The van der Waals surface area contributed by atoms with Crippen LogP contribution in [0.25, 0.3) is 78.1 Å². The lowest BCUT2D eigenvalue weighted by molar-refractivity contribution is 0.653. The van der Waals surface area contributed by atoms with Gasteiger partial charge in [0, 0.05) is 16.5 Å². The van der Waals surface area contributed by atoms with Crippen LogP contribution >= 0.6 is 0 Å². The van der Waals surface area contributed by atoms with Crippen molar-refractivity contribution in [2.45, 2.75) is 5.41 Å². The van der Waals surface area contributed by atoms with Crippen LogP contribution in [-0.4, -0.2) is 9.97 Å². The first-order chi connectivity index (χ1) is 24.8. The van der Waals surface area contributed by atoms with Crippen molar-refractivity contribution in [1.82, 2.24) is 9.97 Å². The fraction of sp³-hybridized carbons (Fsp3) is 0.0213. The minimum absolute atomic E-state index is 0.385. The van der Waals surface area contributed by atoms with Gasteiger partial charge in [0.25, 0.3) is 0 Å². The second-order valence-electron chi connectivity index (χ2n) is 13.2. The number of rotatable bonds is 3. The smallest absolute Gasteiger partial charge is 0.231 e. The Balaban J connectivity index is 1.18. The predicted molar refractivity (Wildman–Crippen MR) is 202 cm³/mol. The molecule has 0 bridgehead atoms. The van der Waals surface area contributed by atoms with Crippen molar-refractivity contribution in [3.8, 4) is 56.0 Å². The van der Waals surface area contributed by atoms with Gasteiger partial charge >= 0.3 is 0 Å². The molecule has 11 rings (SSSR count). The monoisotopic (exact) mass is 636 g/mol. The van der Waals surface area contributed by atoms with Crippen molar-refractivity contribution >= 4 is 22.1 Å². The first-order valence-electron chi connectivity index (χ1n) is 17.1. The number of hydrogen-bond donors (Lipinski definition) is 0. The lowest BCUT2D eigenvalue weighted by Crippen LogP contribution is -2.25. The third-order valence-electron chi connectivity index (χ3n) is 10.7. The molecule has 0 aliphatic heterocycles. The molecule has 2 aliphatic carbocycles. The highest BCUT2D eigenvalue weighted by atomic mass is 16.3. The van der Waals surface area contributed by atoms with Crippen molar-refractivity contribution in [1.29, 1.82) is 0 Å². The third kappa shape index (κ3) is 3.58. The summed E-state index contributed by atoms with van der Waals surface area (Å²) in [6.07, 6.45) is 0. The van der Waals surface area contributed by atoms with Gasteiger partial charge in [0.15, 0.2) is 5.82 Å². The van der Waals surface area contributed by atoms with E-state index >= 15 is 0 Å². The molecule has 0 saturated heterocycles. The second-order valence-corrected chi connectivity index (χ2v) is 13.2. The number of hydrogen-bond acceptors (Lipinski definition) is 3. The van der Waals surface area contributed by atoms with Gasteiger partial charge in [-0.1, -0.05) is 158 Å². The molecule has 0 unspecified atom stereocenters. The van der Waals surface area contributed by atoms with Crippen LogP contribution in [0.3, 0.4) is 0 Å². The van der Waals surface area contributed by atoms with Crippen LogP contribution in [-0.2, 0) is 5.41 Å². The highest BCUT2D eigenvalue weighted by molar-refractivity contribution is 6.12. The number of aromatic nitrogens is 2. The van der Waals surface area contributed by atoms with Gasteiger partial charge in [-0.2, -0.15) is 4.98 Å². The zero-order chi connectivity index (χ0) is 32.8. The summed E-state index contributed by atoms with van der Waals surface area (Å²) >= 11 is 0. The van der Waals surface area contributed by atoms with Gasteiger partial charge in [0.05, 0.1) is 16.5 Å². The van der Waals surface area contributed by atoms with Crippen LogP contribution in [0.2, 0.25) is 0 Å². The zero-order valence-corrected chi connectivity index (χ0v) is 27.0. The molecule has 0 radical (unpaired) electrons. The van der Waals surface area contributed by atoms with Crippen molar-refractivity contribution < 1.29 is 4.42 Å². The van der Waals surface area contributed by atoms with Crippen molar-refractivity contribution in [2.75, 3.05) is 0 Å². The number of benzene rings is 7. The summed E-state index contributed by atoms with van der Waals surface area (Å²) in [6.45, 7) is 0. The SMILES string of the molecule is c1ccc(-c2nc(-c3ccccc3)c3c(n2)oc2ccc(-c4cccc5c4-c4ccccc4C54c5ccccc5-c5ccccc54)cc23)cc1. The summed E-state index contributed by atoms with van der Waals surface area (Å²) in [5.74, 6) is 0.649. The largest absolute Gasteiger partial charge is 0.438 e. The van der Waals surface area contributed by atoms with Gasteiger partial charge in [0.1, 0.15) is 5.58 Å². The van der Waals surface area contributed by atoms with E-state index in [4.69, 9.17) is 14.4 Å². The predicted octanol–water partition coefficient (Wildman–Crippen LogP) is 11.7. The van der Waals surface area contributed by atoms with Crippen molar-refractivity contribution in [2.24, 2.45) is 0 Å². The first kappa shape index (κ1) is 27.4. The fourth-order valence-electron chi connectivity index (χ4n) is 8.75. The Morgan fingerprint density at radius 2 is 0.980 bits per heavy atom. The van der Waals surface area contributed by atoms with Crippen LogP contribution in [0.4, 0.5) is 0 Å². The van der Waals surface area contributed by atoms with Crippen LogP contribution in [0.5, 0.6) is 0 Å². The number of nitrogens with zero attached hydrogens (tertiary/aromatic N) is 2. The first-order valence-corrected chi connectivity index (χ1v) is 17.1. The molecule has 0 saturated carbocycles. The summed E-state index contributed by atoms with van der Waals surface area (Å²) in [4.78, 5) is 10.1. The molecule has 2 aromatic heterocycles. The van der Waals surface area contributed by atoms with E-state index in [1.54, 1.807) is 0 Å². The van der Waals surface area contributed by atoms with E-state index in [0.717, 1.165) is 38.7 Å². The van der Waals surface area contributed by atoms with E-state index in [0.29, 0.717) is 11.5 Å².